The Morgan fingerprint density at radius 1 is 1.38 bits per heavy atom. The van der Waals surface area contributed by atoms with Crippen molar-refractivity contribution in [1.29, 1.82) is 0 Å². The van der Waals surface area contributed by atoms with E-state index in [2.05, 4.69) is 57.2 Å². The molecule has 1 aliphatic rings. The highest BCUT2D eigenvalue weighted by molar-refractivity contribution is 14.1. The summed E-state index contributed by atoms with van der Waals surface area (Å²) in [6.45, 7) is 0.978. The summed E-state index contributed by atoms with van der Waals surface area (Å²) >= 11 is 2.31. The zero-order chi connectivity index (χ0) is 9.10. The highest BCUT2D eigenvalue weighted by Crippen LogP contribution is 2.14. The van der Waals surface area contributed by atoms with Gasteiger partial charge in [-0.2, -0.15) is 0 Å². The summed E-state index contributed by atoms with van der Waals surface area (Å²) in [7, 11) is 0. The number of anilines is 1. The topological polar surface area (TPSA) is 24.4 Å². The Balaban J connectivity index is 2.09. The maximum absolute atomic E-state index is 4.36. The van der Waals surface area contributed by atoms with Gasteiger partial charge in [-0.15, -0.1) is 0 Å². The van der Waals surface area contributed by atoms with E-state index in [1.54, 1.807) is 0 Å². The van der Waals surface area contributed by atoms with Gasteiger partial charge in [0.2, 0.25) is 0 Å². The van der Waals surface area contributed by atoms with Crippen molar-refractivity contribution in [3.63, 3.8) is 0 Å². The van der Waals surface area contributed by atoms with Crippen LogP contribution in [-0.4, -0.2) is 12.4 Å². The lowest BCUT2D eigenvalue weighted by atomic mass is 10.3. The molecule has 0 atom stereocenters. The zero-order valence-corrected chi connectivity index (χ0v) is 9.41. The third-order valence-corrected chi connectivity index (χ3v) is 2.66. The second-order valence-electron chi connectivity index (χ2n) is 3.07. The lowest BCUT2D eigenvalue weighted by molar-refractivity contribution is 0.951. The van der Waals surface area contributed by atoms with Gasteiger partial charge in [-0.3, -0.25) is 4.99 Å². The molecule has 13 heavy (non-hydrogen) atoms. The molecule has 1 heterocycles. The summed E-state index contributed by atoms with van der Waals surface area (Å²) in [5.74, 6) is 1.13. The third-order valence-electron chi connectivity index (χ3n) is 1.99. The van der Waals surface area contributed by atoms with Gasteiger partial charge in [0.1, 0.15) is 5.84 Å². The van der Waals surface area contributed by atoms with Gasteiger partial charge in [-0.1, -0.05) is 6.07 Å². The van der Waals surface area contributed by atoms with Crippen molar-refractivity contribution < 1.29 is 0 Å². The monoisotopic (exact) mass is 286 g/mol. The van der Waals surface area contributed by atoms with Gasteiger partial charge in [0.25, 0.3) is 0 Å². The van der Waals surface area contributed by atoms with Crippen molar-refractivity contribution in [3.8, 4) is 0 Å². The number of nitrogens with zero attached hydrogens (tertiary/aromatic N) is 1. The van der Waals surface area contributed by atoms with E-state index in [1.165, 1.54) is 9.99 Å². The second kappa shape index (κ2) is 4.09. The molecule has 1 aliphatic heterocycles. The summed E-state index contributed by atoms with van der Waals surface area (Å²) in [6.07, 6.45) is 2.28. The number of aliphatic imine (C=N–C) groups is 1. The van der Waals surface area contributed by atoms with Crippen LogP contribution in [0.1, 0.15) is 12.8 Å². The molecule has 0 bridgehead atoms. The molecule has 3 heteroatoms. The molecule has 68 valence electrons. The largest absolute Gasteiger partial charge is 0.344 e. The lowest BCUT2D eigenvalue weighted by Gasteiger charge is -2.05. The molecule has 1 N–H and O–H groups in total. The smallest absolute Gasteiger partial charge is 0.101 e. The first-order chi connectivity index (χ1) is 6.34. The summed E-state index contributed by atoms with van der Waals surface area (Å²) in [5, 5.41) is 3.33. The molecule has 1 aromatic carbocycles. The first-order valence-corrected chi connectivity index (χ1v) is 5.48. The summed E-state index contributed by atoms with van der Waals surface area (Å²) in [6, 6.07) is 8.34. The minimum absolute atomic E-state index is 0.978. The Morgan fingerprint density at radius 2 is 2.31 bits per heavy atom. The van der Waals surface area contributed by atoms with E-state index in [0.717, 1.165) is 24.5 Å². The van der Waals surface area contributed by atoms with E-state index in [1.807, 2.05) is 0 Å². The molecular formula is C10H11IN2. The van der Waals surface area contributed by atoms with E-state index in [-0.39, 0.29) is 0 Å². The van der Waals surface area contributed by atoms with Crippen LogP contribution in [0.15, 0.2) is 29.3 Å². The molecule has 2 nitrogen and oxygen atoms in total. The van der Waals surface area contributed by atoms with Crippen LogP contribution < -0.4 is 5.32 Å². The van der Waals surface area contributed by atoms with Gasteiger partial charge in [0.05, 0.1) is 0 Å². The van der Waals surface area contributed by atoms with Crippen LogP contribution in [0, 0.1) is 3.57 Å². The SMILES string of the molecule is Ic1cccc(NC2=NCCC2)c1. The summed E-state index contributed by atoms with van der Waals surface area (Å²) < 4.78 is 1.25. The minimum atomic E-state index is 0.978. The predicted octanol–water partition coefficient (Wildman–Crippen LogP) is 2.90. The third kappa shape index (κ3) is 2.43. The number of hydrogen-bond donors (Lipinski definition) is 1. The Kier molecular flexibility index (Phi) is 2.83. The molecule has 0 fully saturated rings. The van der Waals surface area contributed by atoms with Crippen molar-refractivity contribution in [2.45, 2.75) is 12.8 Å². The predicted molar refractivity (Wildman–Crippen MR) is 64.3 cm³/mol. The van der Waals surface area contributed by atoms with Gasteiger partial charge in [-0.05, 0) is 47.2 Å². The van der Waals surface area contributed by atoms with Crippen molar-refractivity contribution in [2.24, 2.45) is 4.99 Å². The number of nitrogens with one attached hydrogen (secondary N) is 1. The van der Waals surface area contributed by atoms with Gasteiger partial charge in [0, 0.05) is 22.2 Å². The number of amidine groups is 1. The molecule has 0 radical (unpaired) electrons. The molecule has 1 aromatic rings. The average molecular weight is 286 g/mol. The maximum Gasteiger partial charge on any atom is 0.101 e. The van der Waals surface area contributed by atoms with Crippen molar-refractivity contribution >= 4 is 34.1 Å². The van der Waals surface area contributed by atoms with Crippen LogP contribution in [0.5, 0.6) is 0 Å². The van der Waals surface area contributed by atoms with E-state index < -0.39 is 0 Å². The van der Waals surface area contributed by atoms with Crippen LogP contribution in [0.4, 0.5) is 5.69 Å². The van der Waals surface area contributed by atoms with Crippen LogP contribution in [-0.2, 0) is 0 Å². The van der Waals surface area contributed by atoms with Gasteiger partial charge in [-0.25, -0.2) is 0 Å². The van der Waals surface area contributed by atoms with Crippen molar-refractivity contribution in [2.75, 3.05) is 11.9 Å². The first kappa shape index (κ1) is 8.99. The molecule has 0 saturated heterocycles. The first-order valence-electron chi connectivity index (χ1n) is 4.40. The normalized spacial score (nSPS) is 15.6. The summed E-state index contributed by atoms with van der Waals surface area (Å²) in [4.78, 5) is 4.36. The fraction of sp³-hybridized carbons (Fsp3) is 0.300. The fourth-order valence-electron chi connectivity index (χ4n) is 1.37. The van der Waals surface area contributed by atoms with Crippen molar-refractivity contribution in [3.05, 3.63) is 27.8 Å². The maximum atomic E-state index is 4.36. The lowest BCUT2D eigenvalue weighted by Crippen LogP contribution is -2.07. The molecule has 0 saturated carbocycles. The van der Waals surface area contributed by atoms with Gasteiger partial charge in [0.15, 0.2) is 0 Å². The van der Waals surface area contributed by atoms with Gasteiger partial charge >= 0.3 is 0 Å². The zero-order valence-electron chi connectivity index (χ0n) is 7.26. The number of halogens is 1. The Hall–Kier alpha value is -0.580. The average Bonchev–Trinajstić information content (AvgIpc) is 2.57. The Morgan fingerprint density at radius 3 is 3.00 bits per heavy atom. The highest BCUT2D eigenvalue weighted by atomic mass is 127. The van der Waals surface area contributed by atoms with E-state index in [9.17, 15) is 0 Å². The second-order valence-corrected chi connectivity index (χ2v) is 4.31. The van der Waals surface area contributed by atoms with Crippen LogP contribution >= 0.6 is 22.6 Å². The molecule has 0 aromatic heterocycles. The number of benzene rings is 1. The van der Waals surface area contributed by atoms with E-state index >= 15 is 0 Å². The Bertz CT molecular complexity index is 333. The molecule has 0 amide bonds. The molecule has 0 spiro atoms. The molecule has 0 unspecified atom stereocenters. The van der Waals surface area contributed by atoms with E-state index in [0.29, 0.717) is 0 Å². The van der Waals surface area contributed by atoms with Gasteiger partial charge < -0.3 is 5.32 Å². The van der Waals surface area contributed by atoms with Crippen LogP contribution in [0.25, 0.3) is 0 Å². The number of hydrogen-bond acceptors (Lipinski definition) is 2. The molecule has 2 rings (SSSR count). The van der Waals surface area contributed by atoms with Crippen LogP contribution in [0.2, 0.25) is 0 Å². The van der Waals surface area contributed by atoms with E-state index in [4.69, 9.17) is 0 Å². The fourth-order valence-corrected chi connectivity index (χ4v) is 1.92. The Labute approximate surface area is 91.6 Å². The molecular weight excluding hydrogens is 275 g/mol. The summed E-state index contributed by atoms with van der Waals surface area (Å²) in [5.41, 5.74) is 1.15. The quantitative estimate of drug-likeness (QED) is 0.789. The standard InChI is InChI=1S/C10H11IN2/c11-8-3-1-4-9(7-8)13-10-5-2-6-12-10/h1,3-4,7H,2,5-6H2,(H,12,13). The molecule has 0 aliphatic carbocycles. The minimum Gasteiger partial charge on any atom is -0.344 e. The highest BCUT2D eigenvalue weighted by Gasteiger charge is 2.05. The van der Waals surface area contributed by atoms with Crippen molar-refractivity contribution in [1.82, 2.24) is 0 Å². The van der Waals surface area contributed by atoms with Crippen LogP contribution in [0.3, 0.4) is 0 Å². The number of rotatable bonds is 1.